The Bertz CT molecular complexity index is 307. The Morgan fingerprint density at radius 2 is 2.00 bits per heavy atom. The van der Waals surface area contributed by atoms with Crippen molar-refractivity contribution in [2.45, 2.75) is 39.8 Å². The zero-order chi connectivity index (χ0) is 12.1. The molecule has 0 aliphatic heterocycles. The van der Waals surface area contributed by atoms with Gasteiger partial charge in [0.2, 0.25) is 0 Å². The predicted molar refractivity (Wildman–Crippen MR) is 69.6 cm³/mol. The molecule has 3 nitrogen and oxygen atoms in total. The first-order valence-corrected chi connectivity index (χ1v) is 6.76. The second-order valence-electron chi connectivity index (χ2n) is 4.21. The molecule has 0 saturated heterocycles. The SMILES string of the molecule is CC(C)N(CCOc1nc(Cl)cs1)C(C)C. The highest BCUT2D eigenvalue weighted by atomic mass is 35.5. The minimum atomic E-state index is 0.504. The summed E-state index contributed by atoms with van der Waals surface area (Å²) in [4.78, 5) is 6.42. The third-order valence-electron chi connectivity index (χ3n) is 2.36. The quantitative estimate of drug-likeness (QED) is 0.787. The molecule has 1 aromatic heterocycles. The van der Waals surface area contributed by atoms with Crippen molar-refractivity contribution >= 4 is 22.9 Å². The molecule has 0 fully saturated rings. The molecule has 92 valence electrons. The molecular formula is C11H19ClN2OS. The minimum Gasteiger partial charge on any atom is -0.469 e. The van der Waals surface area contributed by atoms with Crippen LogP contribution < -0.4 is 4.74 Å². The van der Waals surface area contributed by atoms with Gasteiger partial charge in [-0.15, -0.1) is 0 Å². The van der Waals surface area contributed by atoms with Crippen LogP contribution in [0.1, 0.15) is 27.7 Å². The van der Waals surface area contributed by atoms with Gasteiger partial charge in [0.15, 0.2) is 0 Å². The lowest BCUT2D eigenvalue weighted by Crippen LogP contribution is -2.39. The Morgan fingerprint density at radius 1 is 1.38 bits per heavy atom. The summed E-state index contributed by atoms with van der Waals surface area (Å²) in [5.74, 6) is 0. The molecule has 0 saturated carbocycles. The van der Waals surface area contributed by atoms with Crippen LogP contribution in [-0.4, -0.2) is 35.1 Å². The van der Waals surface area contributed by atoms with Crippen LogP contribution >= 0.6 is 22.9 Å². The van der Waals surface area contributed by atoms with Crippen molar-refractivity contribution in [1.82, 2.24) is 9.88 Å². The van der Waals surface area contributed by atoms with Crippen LogP contribution in [-0.2, 0) is 0 Å². The van der Waals surface area contributed by atoms with Crippen LogP contribution in [0.4, 0.5) is 0 Å². The maximum atomic E-state index is 5.71. The fraction of sp³-hybridized carbons (Fsp3) is 0.727. The van der Waals surface area contributed by atoms with E-state index < -0.39 is 0 Å². The van der Waals surface area contributed by atoms with E-state index in [1.54, 1.807) is 5.38 Å². The third kappa shape index (κ3) is 4.28. The topological polar surface area (TPSA) is 25.4 Å². The van der Waals surface area contributed by atoms with Crippen LogP contribution in [0.2, 0.25) is 5.15 Å². The molecule has 0 N–H and O–H groups in total. The molecule has 0 atom stereocenters. The van der Waals surface area contributed by atoms with Gasteiger partial charge < -0.3 is 4.74 Å². The smallest absolute Gasteiger partial charge is 0.274 e. The first-order valence-electron chi connectivity index (χ1n) is 5.50. The van der Waals surface area contributed by atoms with Gasteiger partial charge in [0.25, 0.3) is 5.19 Å². The second-order valence-corrected chi connectivity index (χ2v) is 5.42. The molecule has 1 heterocycles. The van der Waals surface area contributed by atoms with Gasteiger partial charge in [-0.3, -0.25) is 4.90 Å². The van der Waals surface area contributed by atoms with Crippen LogP contribution in [0.3, 0.4) is 0 Å². The second kappa shape index (κ2) is 6.42. The number of nitrogens with zero attached hydrogens (tertiary/aromatic N) is 2. The summed E-state index contributed by atoms with van der Waals surface area (Å²) < 4.78 is 5.54. The monoisotopic (exact) mass is 262 g/mol. The van der Waals surface area contributed by atoms with Crippen LogP contribution in [0.25, 0.3) is 0 Å². The number of ether oxygens (including phenoxy) is 1. The molecule has 1 rings (SSSR count). The molecule has 0 spiro atoms. The molecule has 0 aliphatic rings. The van der Waals surface area contributed by atoms with E-state index in [2.05, 4.69) is 37.6 Å². The van der Waals surface area contributed by atoms with Crippen molar-refractivity contribution < 1.29 is 4.74 Å². The lowest BCUT2D eigenvalue weighted by atomic mass is 10.2. The first kappa shape index (κ1) is 13.7. The molecule has 1 aromatic rings. The Kier molecular flexibility index (Phi) is 5.52. The number of rotatable bonds is 6. The molecule has 0 radical (unpaired) electrons. The highest BCUT2D eigenvalue weighted by Gasteiger charge is 2.13. The zero-order valence-electron chi connectivity index (χ0n) is 10.2. The summed E-state index contributed by atoms with van der Waals surface area (Å²) in [7, 11) is 0. The van der Waals surface area contributed by atoms with E-state index in [1.807, 2.05) is 0 Å². The number of hydrogen-bond donors (Lipinski definition) is 0. The highest BCUT2D eigenvalue weighted by molar-refractivity contribution is 7.11. The van der Waals surface area contributed by atoms with Gasteiger partial charge >= 0.3 is 0 Å². The number of aromatic nitrogens is 1. The van der Waals surface area contributed by atoms with Gasteiger partial charge in [-0.2, -0.15) is 4.98 Å². The highest BCUT2D eigenvalue weighted by Crippen LogP contribution is 2.21. The van der Waals surface area contributed by atoms with Crippen molar-refractivity contribution in [3.05, 3.63) is 10.5 Å². The molecule has 5 heteroatoms. The van der Waals surface area contributed by atoms with Crippen molar-refractivity contribution in [1.29, 1.82) is 0 Å². The van der Waals surface area contributed by atoms with E-state index >= 15 is 0 Å². The molecule has 0 unspecified atom stereocenters. The molecular weight excluding hydrogens is 244 g/mol. The molecule has 0 aliphatic carbocycles. The largest absolute Gasteiger partial charge is 0.469 e. The lowest BCUT2D eigenvalue weighted by molar-refractivity contribution is 0.142. The van der Waals surface area contributed by atoms with Gasteiger partial charge in [0.1, 0.15) is 11.8 Å². The minimum absolute atomic E-state index is 0.504. The van der Waals surface area contributed by atoms with Gasteiger partial charge in [0, 0.05) is 24.0 Å². The Labute approximate surface area is 106 Å². The molecule has 16 heavy (non-hydrogen) atoms. The Hall–Kier alpha value is -0.320. The van der Waals surface area contributed by atoms with E-state index in [0.29, 0.717) is 29.0 Å². The maximum Gasteiger partial charge on any atom is 0.274 e. The van der Waals surface area contributed by atoms with E-state index in [9.17, 15) is 0 Å². The Balaban J connectivity index is 2.33. The summed E-state index contributed by atoms with van der Waals surface area (Å²) >= 11 is 7.15. The Morgan fingerprint density at radius 3 is 2.44 bits per heavy atom. The fourth-order valence-electron chi connectivity index (χ4n) is 1.66. The van der Waals surface area contributed by atoms with E-state index in [4.69, 9.17) is 16.3 Å². The van der Waals surface area contributed by atoms with Crippen molar-refractivity contribution in [3.63, 3.8) is 0 Å². The number of halogens is 1. The van der Waals surface area contributed by atoms with Crippen molar-refractivity contribution in [2.75, 3.05) is 13.2 Å². The van der Waals surface area contributed by atoms with Crippen LogP contribution in [0, 0.1) is 0 Å². The van der Waals surface area contributed by atoms with Crippen molar-refractivity contribution in [2.24, 2.45) is 0 Å². The first-order chi connectivity index (χ1) is 7.50. The summed E-state index contributed by atoms with van der Waals surface area (Å²) in [5, 5.41) is 2.93. The van der Waals surface area contributed by atoms with E-state index in [1.165, 1.54) is 11.3 Å². The maximum absolute atomic E-state index is 5.71. The normalized spacial score (nSPS) is 11.8. The number of hydrogen-bond acceptors (Lipinski definition) is 4. The summed E-state index contributed by atoms with van der Waals surface area (Å²) in [6.07, 6.45) is 0. The number of thiazole rings is 1. The third-order valence-corrected chi connectivity index (χ3v) is 3.43. The fourth-order valence-corrected chi connectivity index (χ4v) is 2.47. The van der Waals surface area contributed by atoms with Crippen LogP contribution in [0.15, 0.2) is 5.38 Å². The van der Waals surface area contributed by atoms with E-state index in [-0.39, 0.29) is 0 Å². The van der Waals surface area contributed by atoms with Crippen LogP contribution in [0.5, 0.6) is 5.19 Å². The van der Waals surface area contributed by atoms with E-state index in [0.717, 1.165) is 6.54 Å². The molecule has 0 aromatic carbocycles. The average molecular weight is 263 g/mol. The zero-order valence-corrected chi connectivity index (χ0v) is 11.8. The average Bonchev–Trinajstić information content (AvgIpc) is 2.57. The standard InChI is InChI=1S/C11H19ClN2OS/c1-8(2)14(9(3)4)5-6-15-11-13-10(12)7-16-11/h7-9H,5-6H2,1-4H3. The summed E-state index contributed by atoms with van der Waals surface area (Å²) in [6.45, 7) is 10.3. The molecule has 0 bridgehead atoms. The predicted octanol–water partition coefficient (Wildman–Crippen LogP) is 3.29. The van der Waals surface area contributed by atoms with Gasteiger partial charge in [-0.25, -0.2) is 0 Å². The summed E-state index contributed by atoms with van der Waals surface area (Å²) in [5.41, 5.74) is 0. The summed E-state index contributed by atoms with van der Waals surface area (Å²) in [6, 6.07) is 1.06. The van der Waals surface area contributed by atoms with Gasteiger partial charge in [0.05, 0.1) is 0 Å². The molecule has 0 amide bonds. The van der Waals surface area contributed by atoms with Gasteiger partial charge in [-0.05, 0) is 27.7 Å². The lowest BCUT2D eigenvalue weighted by Gasteiger charge is -2.30. The van der Waals surface area contributed by atoms with Crippen molar-refractivity contribution in [3.8, 4) is 5.19 Å². The van der Waals surface area contributed by atoms with Gasteiger partial charge in [-0.1, -0.05) is 22.9 Å².